The van der Waals surface area contributed by atoms with Gasteiger partial charge in [-0.3, -0.25) is 9.59 Å². The largest absolute Gasteiger partial charge is 0.335 e. The zero-order valence-electron chi connectivity index (χ0n) is 10.4. The number of Topliss-reactive ketones (excluding diaryl/α,β-unsaturated/α-hetero) is 1. The second-order valence-corrected chi connectivity index (χ2v) is 5.17. The second-order valence-electron chi connectivity index (χ2n) is 4.74. The van der Waals surface area contributed by atoms with Gasteiger partial charge in [0, 0.05) is 23.0 Å². The normalized spacial score (nSPS) is 20.0. The smallest absolute Gasteiger partial charge is 0.225 e. The lowest BCUT2D eigenvalue weighted by molar-refractivity contribution is -0.137. The molecular formula is C14H16ClNO2. The van der Waals surface area contributed by atoms with Gasteiger partial charge in [-0.05, 0) is 25.0 Å². The van der Waals surface area contributed by atoms with Crippen molar-refractivity contribution in [3.05, 3.63) is 34.9 Å². The van der Waals surface area contributed by atoms with Gasteiger partial charge in [0.25, 0.3) is 0 Å². The van der Waals surface area contributed by atoms with E-state index in [1.807, 2.05) is 6.92 Å². The van der Waals surface area contributed by atoms with E-state index in [0.717, 1.165) is 12.8 Å². The summed E-state index contributed by atoms with van der Waals surface area (Å²) >= 11 is 5.85. The molecule has 4 heteroatoms. The van der Waals surface area contributed by atoms with Crippen molar-refractivity contribution >= 4 is 23.3 Å². The summed E-state index contributed by atoms with van der Waals surface area (Å²) in [5.41, 5.74) is 0.563. The molecule has 0 saturated carbocycles. The number of carbonyl (C=O) groups excluding carboxylic acids is 2. The molecule has 1 unspecified atom stereocenters. The minimum absolute atomic E-state index is 0.0333. The first kappa shape index (κ1) is 13.1. The average Bonchev–Trinajstić information content (AvgIpc) is 2.35. The fraction of sp³-hybridized carbons (Fsp3) is 0.429. The van der Waals surface area contributed by atoms with E-state index in [-0.39, 0.29) is 24.2 Å². The predicted octanol–water partition coefficient (Wildman–Crippen LogP) is 2.78. The molecule has 0 N–H and O–H groups in total. The highest BCUT2D eigenvalue weighted by molar-refractivity contribution is 6.31. The first-order chi connectivity index (χ1) is 8.58. The van der Waals surface area contributed by atoms with Gasteiger partial charge in [0.2, 0.25) is 5.91 Å². The van der Waals surface area contributed by atoms with Crippen LogP contribution in [0.5, 0.6) is 0 Å². The lowest BCUT2D eigenvalue weighted by Crippen LogP contribution is -2.43. The fourth-order valence-electron chi connectivity index (χ4n) is 2.22. The number of nitrogens with zero attached hydrogens (tertiary/aromatic N) is 1. The molecule has 18 heavy (non-hydrogen) atoms. The molecule has 1 atom stereocenters. The number of rotatable bonds is 3. The van der Waals surface area contributed by atoms with Crippen molar-refractivity contribution in [3.63, 3.8) is 0 Å². The van der Waals surface area contributed by atoms with E-state index in [1.54, 1.807) is 29.2 Å². The first-order valence-corrected chi connectivity index (χ1v) is 6.53. The molecule has 0 bridgehead atoms. The lowest BCUT2D eigenvalue weighted by Gasteiger charge is -2.30. The van der Waals surface area contributed by atoms with Crippen LogP contribution >= 0.6 is 11.6 Å². The molecule has 1 saturated heterocycles. The van der Waals surface area contributed by atoms with Crippen LogP contribution in [-0.2, 0) is 4.79 Å². The Morgan fingerprint density at radius 2 is 2.28 bits per heavy atom. The van der Waals surface area contributed by atoms with E-state index in [4.69, 9.17) is 11.6 Å². The average molecular weight is 266 g/mol. The highest BCUT2D eigenvalue weighted by atomic mass is 35.5. The Hall–Kier alpha value is -1.35. The monoisotopic (exact) mass is 265 g/mol. The number of hydrogen-bond donors (Lipinski definition) is 0. The minimum atomic E-state index is -0.0556. The molecule has 0 spiro atoms. The summed E-state index contributed by atoms with van der Waals surface area (Å²) in [6.07, 6.45) is 1.89. The predicted molar refractivity (Wildman–Crippen MR) is 70.8 cm³/mol. The van der Waals surface area contributed by atoms with Gasteiger partial charge in [0.1, 0.15) is 0 Å². The van der Waals surface area contributed by atoms with Crippen molar-refractivity contribution in [2.24, 2.45) is 5.92 Å². The van der Waals surface area contributed by atoms with Crippen molar-refractivity contribution in [2.45, 2.75) is 19.8 Å². The van der Waals surface area contributed by atoms with Gasteiger partial charge in [0.05, 0.1) is 6.54 Å². The standard InChI is InChI=1S/C14H16ClNO2/c1-10-4-3-7-16(14(10)18)9-13(17)11-5-2-6-12(15)8-11/h2,5-6,8,10H,3-4,7,9H2,1H3. The van der Waals surface area contributed by atoms with E-state index < -0.39 is 0 Å². The highest BCUT2D eigenvalue weighted by Crippen LogP contribution is 2.18. The topological polar surface area (TPSA) is 37.4 Å². The van der Waals surface area contributed by atoms with Crippen LogP contribution in [0, 0.1) is 5.92 Å². The Bertz CT molecular complexity index is 473. The van der Waals surface area contributed by atoms with Crippen LogP contribution in [0.15, 0.2) is 24.3 Å². The number of piperidine rings is 1. The van der Waals surface area contributed by atoms with Crippen LogP contribution in [0.25, 0.3) is 0 Å². The number of benzene rings is 1. The number of ketones is 1. The molecule has 1 heterocycles. The fourth-order valence-corrected chi connectivity index (χ4v) is 2.41. The van der Waals surface area contributed by atoms with E-state index >= 15 is 0 Å². The molecule has 1 aromatic carbocycles. The van der Waals surface area contributed by atoms with Crippen LogP contribution in [0.3, 0.4) is 0 Å². The molecular weight excluding hydrogens is 250 g/mol. The maximum Gasteiger partial charge on any atom is 0.225 e. The van der Waals surface area contributed by atoms with Crippen molar-refractivity contribution in [1.82, 2.24) is 4.90 Å². The third-order valence-corrected chi connectivity index (χ3v) is 3.51. The van der Waals surface area contributed by atoms with Gasteiger partial charge in [0.15, 0.2) is 5.78 Å². The second kappa shape index (κ2) is 5.53. The third kappa shape index (κ3) is 2.91. The maximum absolute atomic E-state index is 12.1. The van der Waals surface area contributed by atoms with Crippen LogP contribution in [0.1, 0.15) is 30.1 Å². The Labute approximate surface area is 112 Å². The van der Waals surface area contributed by atoms with Crippen molar-refractivity contribution in [2.75, 3.05) is 13.1 Å². The molecule has 1 aliphatic heterocycles. The number of likely N-dealkylation sites (tertiary alicyclic amines) is 1. The van der Waals surface area contributed by atoms with Crippen LogP contribution in [0.2, 0.25) is 5.02 Å². The number of halogens is 1. The molecule has 1 fully saturated rings. The Morgan fingerprint density at radius 1 is 1.50 bits per heavy atom. The van der Waals surface area contributed by atoms with Gasteiger partial charge < -0.3 is 4.90 Å². The number of carbonyl (C=O) groups is 2. The van der Waals surface area contributed by atoms with Crippen molar-refractivity contribution in [3.8, 4) is 0 Å². The van der Waals surface area contributed by atoms with Crippen molar-refractivity contribution in [1.29, 1.82) is 0 Å². The Balaban J connectivity index is 2.05. The Kier molecular flexibility index (Phi) is 4.02. The molecule has 96 valence electrons. The van der Waals surface area contributed by atoms with Gasteiger partial charge in [-0.25, -0.2) is 0 Å². The molecule has 1 aromatic rings. The highest BCUT2D eigenvalue weighted by Gasteiger charge is 2.26. The minimum Gasteiger partial charge on any atom is -0.335 e. The zero-order chi connectivity index (χ0) is 13.1. The molecule has 0 aromatic heterocycles. The summed E-state index contributed by atoms with van der Waals surface area (Å²) < 4.78 is 0. The van der Waals surface area contributed by atoms with Gasteiger partial charge in [-0.2, -0.15) is 0 Å². The molecule has 3 nitrogen and oxygen atoms in total. The van der Waals surface area contributed by atoms with Gasteiger partial charge in [-0.15, -0.1) is 0 Å². The van der Waals surface area contributed by atoms with Gasteiger partial charge >= 0.3 is 0 Å². The zero-order valence-corrected chi connectivity index (χ0v) is 11.1. The Morgan fingerprint density at radius 3 is 3.00 bits per heavy atom. The van der Waals surface area contributed by atoms with Crippen molar-refractivity contribution < 1.29 is 9.59 Å². The summed E-state index contributed by atoms with van der Waals surface area (Å²) in [6.45, 7) is 2.75. The molecule has 0 radical (unpaired) electrons. The van der Waals surface area contributed by atoms with Crippen LogP contribution in [-0.4, -0.2) is 29.7 Å². The summed E-state index contributed by atoms with van der Waals surface area (Å²) in [7, 11) is 0. The quantitative estimate of drug-likeness (QED) is 0.788. The van der Waals surface area contributed by atoms with Crippen LogP contribution < -0.4 is 0 Å². The third-order valence-electron chi connectivity index (χ3n) is 3.28. The number of hydrogen-bond acceptors (Lipinski definition) is 2. The van der Waals surface area contributed by atoms with E-state index in [0.29, 0.717) is 17.1 Å². The van der Waals surface area contributed by atoms with Crippen LogP contribution in [0.4, 0.5) is 0 Å². The van der Waals surface area contributed by atoms with Gasteiger partial charge in [-0.1, -0.05) is 30.7 Å². The molecule has 0 aliphatic carbocycles. The first-order valence-electron chi connectivity index (χ1n) is 6.15. The number of amides is 1. The molecule has 1 amide bonds. The lowest BCUT2D eigenvalue weighted by atomic mass is 9.98. The molecule has 2 rings (SSSR count). The van der Waals surface area contributed by atoms with E-state index in [2.05, 4.69) is 0 Å². The summed E-state index contributed by atoms with van der Waals surface area (Å²) in [4.78, 5) is 25.6. The van der Waals surface area contributed by atoms with E-state index in [1.165, 1.54) is 0 Å². The summed E-state index contributed by atoms with van der Waals surface area (Å²) in [5.74, 6) is 0.0579. The SMILES string of the molecule is CC1CCCN(CC(=O)c2cccc(Cl)c2)C1=O. The molecule has 1 aliphatic rings. The summed E-state index contributed by atoms with van der Waals surface area (Å²) in [6, 6.07) is 6.84. The van der Waals surface area contributed by atoms with E-state index in [9.17, 15) is 9.59 Å². The maximum atomic E-state index is 12.1. The summed E-state index contributed by atoms with van der Waals surface area (Å²) in [5, 5.41) is 0.541.